The summed E-state index contributed by atoms with van der Waals surface area (Å²) in [4.78, 5) is 7.93. The molecule has 0 bridgehead atoms. The molecule has 0 aliphatic heterocycles. The van der Waals surface area contributed by atoms with Gasteiger partial charge in [-0.1, -0.05) is 36.4 Å². The fourth-order valence-corrected chi connectivity index (χ4v) is 3.11. The first-order valence-electron chi connectivity index (χ1n) is 8.45. The summed E-state index contributed by atoms with van der Waals surface area (Å²) in [5, 5.41) is 9.99. The normalized spacial score (nSPS) is 12.4. The van der Waals surface area contributed by atoms with E-state index in [0.717, 1.165) is 44.7 Å². The lowest BCUT2D eigenvalue weighted by molar-refractivity contribution is 0.190. The number of anilines is 2. The molecule has 5 heteroatoms. The first-order chi connectivity index (χ1) is 12.5. The van der Waals surface area contributed by atoms with Crippen molar-refractivity contribution in [3.05, 3.63) is 66.5 Å². The molecular formula is C21H20N4O. The molecule has 1 unspecified atom stereocenters. The molecule has 0 aliphatic rings. The Hall–Kier alpha value is -3.31. The minimum absolute atomic E-state index is 0.541. The van der Waals surface area contributed by atoms with Gasteiger partial charge in [0.05, 0.1) is 11.0 Å². The molecule has 4 aromatic rings. The summed E-state index contributed by atoms with van der Waals surface area (Å²) in [6.07, 6.45) is -0.680. The van der Waals surface area contributed by atoms with Gasteiger partial charge in [0.15, 0.2) is 0 Å². The van der Waals surface area contributed by atoms with Crippen LogP contribution in [0, 0.1) is 0 Å². The summed E-state index contributed by atoms with van der Waals surface area (Å²) in [6.45, 7) is 1.70. The third-order valence-corrected chi connectivity index (χ3v) is 4.50. The van der Waals surface area contributed by atoms with Crippen LogP contribution < -0.4 is 11.5 Å². The Bertz CT molecular complexity index is 981. The maximum Gasteiger partial charge on any atom is 0.135 e. The number of aliphatic hydroxyl groups is 1. The number of nitrogens with one attached hydrogen (secondary N) is 1. The van der Waals surface area contributed by atoms with Crippen LogP contribution in [0.1, 0.15) is 18.9 Å². The van der Waals surface area contributed by atoms with Gasteiger partial charge in [-0.15, -0.1) is 0 Å². The molecule has 0 fully saturated rings. The molecule has 1 aromatic heterocycles. The lowest BCUT2D eigenvalue weighted by atomic mass is 9.97. The van der Waals surface area contributed by atoms with Gasteiger partial charge >= 0.3 is 0 Å². The molecule has 130 valence electrons. The molecule has 3 aromatic carbocycles. The fourth-order valence-electron chi connectivity index (χ4n) is 3.11. The molecule has 0 radical (unpaired) electrons. The van der Waals surface area contributed by atoms with Crippen molar-refractivity contribution in [2.24, 2.45) is 0 Å². The monoisotopic (exact) mass is 344 g/mol. The summed E-state index contributed by atoms with van der Waals surface area (Å²) in [5.41, 5.74) is 18.8. The molecular weight excluding hydrogens is 324 g/mol. The SMILES string of the molecule is CC(O)c1nc2c(-c3ccc(N)cc3)ccc(-c3ccc(N)cc3)c2[nH]1. The number of fused-ring (bicyclic) bond motifs is 1. The largest absolute Gasteiger partial charge is 0.399 e. The zero-order chi connectivity index (χ0) is 18.3. The van der Waals surface area contributed by atoms with E-state index < -0.39 is 6.10 Å². The first-order valence-corrected chi connectivity index (χ1v) is 8.45. The van der Waals surface area contributed by atoms with Crippen LogP contribution in [-0.4, -0.2) is 15.1 Å². The molecule has 4 rings (SSSR count). The number of nitrogens with zero attached hydrogens (tertiary/aromatic N) is 1. The molecule has 0 saturated carbocycles. The number of aliphatic hydroxyl groups excluding tert-OH is 1. The topological polar surface area (TPSA) is 101 Å². The van der Waals surface area contributed by atoms with Gasteiger partial charge in [-0.25, -0.2) is 4.98 Å². The molecule has 1 atom stereocenters. The van der Waals surface area contributed by atoms with Crippen LogP contribution in [0.15, 0.2) is 60.7 Å². The number of imidazole rings is 1. The zero-order valence-electron chi connectivity index (χ0n) is 14.4. The number of rotatable bonds is 3. The standard InChI is InChI=1S/C21H20N4O/c1-12(26)21-24-19-17(13-2-6-15(22)7-3-13)10-11-18(20(19)25-21)14-4-8-16(23)9-5-14/h2-12,26H,22-23H2,1H3,(H,24,25). The van der Waals surface area contributed by atoms with E-state index in [1.165, 1.54) is 0 Å². The van der Waals surface area contributed by atoms with Gasteiger partial charge in [0, 0.05) is 22.5 Å². The summed E-state index contributed by atoms with van der Waals surface area (Å²) < 4.78 is 0. The van der Waals surface area contributed by atoms with Crippen molar-refractivity contribution in [1.82, 2.24) is 9.97 Å². The van der Waals surface area contributed by atoms with E-state index in [4.69, 9.17) is 11.5 Å². The van der Waals surface area contributed by atoms with Crippen molar-refractivity contribution < 1.29 is 5.11 Å². The summed E-state index contributed by atoms with van der Waals surface area (Å²) >= 11 is 0. The van der Waals surface area contributed by atoms with Crippen LogP contribution >= 0.6 is 0 Å². The van der Waals surface area contributed by atoms with E-state index >= 15 is 0 Å². The van der Waals surface area contributed by atoms with Crippen LogP contribution in [0.2, 0.25) is 0 Å². The number of aromatic amines is 1. The maximum absolute atomic E-state index is 9.99. The van der Waals surface area contributed by atoms with Crippen molar-refractivity contribution in [2.75, 3.05) is 11.5 Å². The second kappa shape index (κ2) is 6.20. The predicted molar refractivity (Wildman–Crippen MR) is 106 cm³/mol. The Balaban J connectivity index is 1.97. The van der Waals surface area contributed by atoms with Crippen molar-refractivity contribution in [3.63, 3.8) is 0 Å². The minimum atomic E-state index is -0.680. The smallest absolute Gasteiger partial charge is 0.135 e. The number of hydrogen-bond donors (Lipinski definition) is 4. The predicted octanol–water partition coefficient (Wildman–Crippen LogP) is 4.11. The third kappa shape index (κ3) is 2.78. The summed E-state index contributed by atoms with van der Waals surface area (Å²) in [5.74, 6) is 0.541. The molecule has 6 N–H and O–H groups in total. The summed E-state index contributed by atoms with van der Waals surface area (Å²) in [7, 11) is 0. The quantitative estimate of drug-likeness (QED) is 0.420. The molecule has 0 amide bonds. The molecule has 1 heterocycles. The van der Waals surface area contributed by atoms with Crippen LogP contribution in [-0.2, 0) is 0 Å². The van der Waals surface area contributed by atoms with Crippen LogP contribution in [0.5, 0.6) is 0 Å². The van der Waals surface area contributed by atoms with E-state index in [9.17, 15) is 5.11 Å². The van der Waals surface area contributed by atoms with Gasteiger partial charge in [-0.2, -0.15) is 0 Å². The lowest BCUT2D eigenvalue weighted by Gasteiger charge is -2.08. The van der Waals surface area contributed by atoms with E-state index in [0.29, 0.717) is 5.82 Å². The Morgan fingerprint density at radius 1 is 0.808 bits per heavy atom. The van der Waals surface area contributed by atoms with Gasteiger partial charge in [0.2, 0.25) is 0 Å². The second-order valence-electron chi connectivity index (χ2n) is 6.43. The number of hydrogen-bond acceptors (Lipinski definition) is 4. The molecule has 5 nitrogen and oxygen atoms in total. The van der Waals surface area contributed by atoms with Crippen molar-refractivity contribution in [2.45, 2.75) is 13.0 Å². The Labute approximate surface area is 151 Å². The van der Waals surface area contributed by atoms with E-state index in [-0.39, 0.29) is 0 Å². The average Bonchev–Trinajstić information content (AvgIpc) is 3.08. The zero-order valence-corrected chi connectivity index (χ0v) is 14.4. The van der Waals surface area contributed by atoms with Gasteiger partial charge in [-0.3, -0.25) is 0 Å². The van der Waals surface area contributed by atoms with Crippen molar-refractivity contribution >= 4 is 22.4 Å². The van der Waals surface area contributed by atoms with Gasteiger partial charge < -0.3 is 21.6 Å². The molecule has 0 aliphatic carbocycles. The number of benzene rings is 3. The number of H-pyrrole nitrogens is 1. The summed E-state index contributed by atoms with van der Waals surface area (Å²) in [6, 6.07) is 19.5. The average molecular weight is 344 g/mol. The fraction of sp³-hybridized carbons (Fsp3) is 0.0952. The minimum Gasteiger partial charge on any atom is -0.399 e. The van der Waals surface area contributed by atoms with E-state index in [1.807, 2.05) is 54.6 Å². The highest BCUT2D eigenvalue weighted by Gasteiger charge is 2.16. The maximum atomic E-state index is 9.99. The van der Waals surface area contributed by atoms with E-state index in [1.54, 1.807) is 6.92 Å². The van der Waals surface area contributed by atoms with Gasteiger partial charge in [-0.05, 0) is 42.3 Å². The first kappa shape index (κ1) is 16.2. The van der Waals surface area contributed by atoms with Crippen LogP contribution in [0.4, 0.5) is 11.4 Å². The number of nitrogen functional groups attached to an aromatic ring is 2. The highest BCUT2D eigenvalue weighted by molar-refractivity contribution is 6.01. The number of aromatic nitrogens is 2. The highest BCUT2D eigenvalue weighted by atomic mass is 16.3. The Morgan fingerprint density at radius 2 is 1.31 bits per heavy atom. The van der Waals surface area contributed by atoms with Crippen molar-refractivity contribution in [1.29, 1.82) is 0 Å². The van der Waals surface area contributed by atoms with Crippen LogP contribution in [0.3, 0.4) is 0 Å². The van der Waals surface area contributed by atoms with Crippen molar-refractivity contribution in [3.8, 4) is 22.3 Å². The van der Waals surface area contributed by atoms with E-state index in [2.05, 4.69) is 16.0 Å². The Kier molecular flexibility index (Phi) is 3.86. The highest BCUT2D eigenvalue weighted by Crippen LogP contribution is 2.35. The third-order valence-electron chi connectivity index (χ3n) is 4.50. The lowest BCUT2D eigenvalue weighted by Crippen LogP contribution is -1.92. The molecule has 26 heavy (non-hydrogen) atoms. The van der Waals surface area contributed by atoms with Gasteiger partial charge in [0.25, 0.3) is 0 Å². The molecule has 0 spiro atoms. The van der Waals surface area contributed by atoms with Gasteiger partial charge in [0.1, 0.15) is 11.9 Å². The second-order valence-corrected chi connectivity index (χ2v) is 6.43. The molecule has 0 saturated heterocycles. The Morgan fingerprint density at radius 3 is 1.85 bits per heavy atom. The number of nitrogens with two attached hydrogens (primary N) is 2. The van der Waals surface area contributed by atoms with Crippen LogP contribution in [0.25, 0.3) is 33.3 Å².